The molecule has 0 unspecified atom stereocenters. The molecule has 5 heteroatoms. The summed E-state index contributed by atoms with van der Waals surface area (Å²) in [6, 6.07) is 5.47. The lowest BCUT2D eigenvalue weighted by molar-refractivity contribution is 0.788. The van der Waals surface area contributed by atoms with Crippen molar-refractivity contribution in [2.24, 2.45) is 0 Å². The van der Waals surface area contributed by atoms with Crippen LogP contribution in [0.3, 0.4) is 0 Å². The predicted molar refractivity (Wildman–Crippen MR) is 75.2 cm³/mol. The van der Waals surface area contributed by atoms with Gasteiger partial charge in [0.25, 0.3) is 0 Å². The van der Waals surface area contributed by atoms with E-state index in [1.54, 1.807) is 17.4 Å². The second-order valence-corrected chi connectivity index (χ2v) is 5.39. The zero-order valence-corrected chi connectivity index (χ0v) is 11.7. The third-order valence-electron chi connectivity index (χ3n) is 2.35. The van der Waals surface area contributed by atoms with Gasteiger partial charge in [0.15, 0.2) is 0 Å². The molecule has 0 spiro atoms. The number of halogens is 2. The van der Waals surface area contributed by atoms with Gasteiger partial charge in [-0.05, 0) is 25.2 Å². The van der Waals surface area contributed by atoms with Crippen LogP contribution < -0.4 is 5.32 Å². The Morgan fingerprint density at radius 3 is 2.88 bits per heavy atom. The molecule has 1 aromatic carbocycles. The molecular weight excluding hydrogens is 275 g/mol. The van der Waals surface area contributed by atoms with Crippen LogP contribution in [-0.2, 0) is 6.42 Å². The van der Waals surface area contributed by atoms with E-state index in [9.17, 15) is 0 Å². The van der Waals surface area contributed by atoms with Gasteiger partial charge >= 0.3 is 0 Å². The highest BCUT2D eigenvalue weighted by atomic mass is 35.5. The molecule has 1 N–H and O–H groups in total. The lowest BCUT2D eigenvalue weighted by Crippen LogP contribution is -2.09. The van der Waals surface area contributed by atoms with E-state index in [1.165, 1.54) is 0 Å². The molecular formula is C12H12Cl2N2S. The summed E-state index contributed by atoms with van der Waals surface area (Å²) in [5.41, 5.74) is 1.85. The number of benzene rings is 1. The molecule has 90 valence electrons. The highest BCUT2D eigenvalue weighted by Gasteiger charge is 2.08. The van der Waals surface area contributed by atoms with E-state index in [2.05, 4.69) is 10.3 Å². The highest BCUT2D eigenvalue weighted by molar-refractivity contribution is 7.09. The van der Waals surface area contributed by atoms with Crippen LogP contribution in [0.15, 0.2) is 23.6 Å². The summed E-state index contributed by atoms with van der Waals surface area (Å²) in [5.74, 6) is 0. The fourth-order valence-electron chi connectivity index (χ4n) is 1.48. The monoisotopic (exact) mass is 286 g/mol. The maximum atomic E-state index is 6.15. The number of rotatable bonds is 4. The van der Waals surface area contributed by atoms with Gasteiger partial charge in [-0.2, -0.15) is 0 Å². The van der Waals surface area contributed by atoms with E-state index < -0.39 is 0 Å². The average molecular weight is 287 g/mol. The van der Waals surface area contributed by atoms with Crippen LogP contribution in [0.4, 0.5) is 0 Å². The van der Waals surface area contributed by atoms with Gasteiger partial charge in [0.2, 0.25) is 0 Å². The van der Waals surface area contributed by atoms with Crippen molar-refractivity contribution in [1.82, 2.24) is 10.3 Å². The summed E-state index contributed by atoms with van der Waals surface area (Å²) in [6.07, 6.45) is 0.937. The van der Waals surface area contributed by atoms with Crippen molar-refractivity contribution in [3.63, 3.8) is 0 Å². The molecule has 0 bridgehead atoms. The Labute approximate surface area is 115 Å². The molecule has 0 aliphatic rings. The molecule has 0 amide bonds. The minimum atomic E-state index is 0.642. The van der Waals surface area contributed by atoms with Gasteiger partial charge in [-0.25, -0.2) is 4.98 Å². The Morgan fingerprint density at radius 1 is 1.35 bits per heavy atom. The first-order valence-electron chi connectivity index (χ1n) is 5.25. The van der Waals surface area contributed by atoms with Gasteiger partial charge in [-0.3, -0.25) is 0 Å². The first-order valence-corrected chi connectivity index (χ1v) is 6.88. The van der Waals surface area contributed by atoms with Gasteiger partial charge in [0.05, 0.1) is 15.7 Å². The van der Waals surface area contributed by atoms with Crippen molar-refractivity contribution in [1.29, 1.82) is 0 Å². The molecule has 0 saturated heterocycles. The second-order valence-electron chi connectivity index (χ2n) is 3.60. The third kappa shape index (κ3) is 3.19. The summed E-state index contributed by atoms with van der Waals surface area (Å²) in [6.45, 7) is 0.932. The molecule has 2 nitrogen and oxygen atoms in total. The normalized spacial score (nSPS) is 10.8. The fraction of sp³-hybridized carbons (Fsp3) is 0.250. The average Bonchev–Trinajstić information content (AvgIpc) is 2.75. The Morgan fingerprint density at radius 2 is 2.18 bits per heavy atom. The second kappa shape index (κ2) is 5.83. The van der Waals surface area contributed by atoms with Crippen molar-refractivity contribution in [2.45, 2.75) is 6.42 Å². The molecule has 0 atom stereocenters. The lowest BCUT2D eigenvalue weighted by Gasteiger charge is -2.00. The van der Waals surface area contributed by atoms with E-state index >= 15 is 0 Å². The standard InChI is InChI=1S/C12H12Cl2N2S/c1-15-5-4-12-16-11(7-17-12)9-3-2-8(13)6-10(9)14/h2-3,6-7,15H,4-5H2,1H3. The number of likely N-dealkylation sites (N-methyl/N-ethyl adjacent to an activating group) is 1. The largest absolute Gasteiger partial charge is 0.319 e. The SMILES string of the molecule is CNCCc1nc(-c2ccc(Cl)cc2Cl)cs1. The Bertz CT molecular complexity index is 511. The van der Waals surface area contributed by atoms with Crippen molar-refractivity contribution < 1.29 is 0 Å². The van der Waals surface area contributed by atoms with Gasteiger partial charge in [0.1, 0.15) is 0 Å². The van der Waals surface area contributed by atoms with Crippen molar-refractivity contribution in [3.05, 3.63) is 38.6 Å². The number of nitrogens with one attached hydrogen (secondary N) is 1. The Hall–Kier alpha value is -0.610. The lowest BCUT2D eigenvalue weighted by atomic mass is 10.2. The van der Waals surface area contributed by atoms with Gasteiger partial charge < -0.3 is 5.32 Å². The molecule has 0 aliphatic carbocycles. The van der Waals surface area contributed by atoms with E-state index in [0.717, 1.165) is 29.2 Å². The number of hydrogen-bond acceptors (Lipinski definition) is 3. The van der Waals surface area contributed by atoms with E-state index in [4.69, 9.17) is 23.2 Å². The Balaban J connectivity index is 2.24. The first kappa shape index (κ1) is 12.8. The van der Waals surface area contributed by atoms with Crippen molar-refractivity contribution in [3.8, 4) is 11.3 Å². The fourth-order valence-corrected chi connectivity index (χ4v) is 2.78. The van der Waals surface area contributed by atoms with Crippen LogP contribution in [0.1, 0.15) is 5.01 Å². The van der Waals surface area contributed by atoms with Crippen LogP contribution in [0.5, 0.6) is 0 Å². The number of nitrogens with zero attached hydrogens (tertiary/aromatic N) is 1. The molecule has 0 fully saturated rings. The summed E-state index contributed by atoms with van der Waals surface area (Å²) < 4.78 is 0. The van der Waals surface area contributed by atoms with Crippen LogP contribution in [0.2, 0.25) is 10.0 Å². The predicted octanol–water partition coefficient (Wildman–Crippen LogP) is 3.88. The molecule has 1 aromatic heterocycles. The van der Waals surface area contributed by atoms with Gasteiger partial charge in [-0.15, -0.1) is 11.3 Å². The van der Waals surface area contributed by atoms with Crippen molar-refractivity contribution in [2.75, 3.05) is 13.6 Å². The zero-order valence-electron chi connectivity index (χ0n) is 9.34. The first-order chi connectivity index (χ1) is 8.20. The van der Waals surface area contributed by atoms with Crippen molar-refractivity contribution >= 4 is 34.5 Å². The quantitative estimate of drug-likeness (QED) is 0.923. The van der Waals surface area contributed by atoms with Crippen LogP contribution in [0, 0.1) is 0 Å². The maximum absolute atomic E-state index is 6.15. The van der Waals surface area contributed by atoms with Gasteiger partial charge in [0, 0.05) is 28.9 Å². The number of thiazole rings is 1. The molecule has 1 heterocycles. The van der Waals surface area contributed by atoms with E-state index in [-0.39, 0.29) is 0 Å². The van der Waals surface area contributed by atoms with Crippen LogP contribution in [0.25, 0.3) is 11.3 Å². The van der Waals surface area contributed by atoms with E-state index in [0.29, 0.717) is 10.0 Å². The summed E-state index contributed by atoms with van der Waals surface area (Å²) in [5, 5.41) is 7.53. The van der Waals surface area contributed by atoms with Gasteiger partial charge in [-0.1, -0.05) is 23.2 Å². The number of hydrogen-bond donors (Lipinski definition) is 1. The summed E-state index contributed by atoms with van der Waals surface area (Å²) in [4.78, 5) is 4.56. The Kier molecular flexibility index (Phi) is 4.40. The highest BCUT2D eigenvalue weighted by Crippen LogP contribution is 2.31. The molecule has 0 saturated carbocycles. The third-order valence-corrected chi connectivity index (χ3v) is 3.80. The minimum absolute atomic E-state index is 0.642. The van der Waals surface area contributed by atoms with Crippen LogP contribution in [-0.4, -0.2) is 18.6 Å². The zero-order chi connectivity index (χ0) is 12.3. The number of aromatic nitrogens is 1. The maximum Gasteiger partial charge on any atom is 0.0945 e. The topological polar surface area (TPSA) is 24.9 Å². The minimum Gasteiger partial charge on any atom is -0.319 e. The molecule has 0 radical (unpaired) electrons. The summed E-state index contributed by atoms with van der Waals surface area (Å²) >= 11 is 13.7. The molecule has 2 aromatic rings. The molecule has 2 rings (SSSR count). The van der Waals surface area contributed by atoms with E-state index in [1.807, 2.05) is 24.6 Å². The molecule has 17 heavy (non-hydrogen) atoms. The van der Waals surface area contributed by atoms with Crippen LogP contribution >= 0.6 is 34.5 Å². The smallest absolute Gasteiger partial charge is 0.0945 e. The molecule has 0 aliphatic heterocycles. The summed E-state index contributed by atoms with van der Waals surface area (Å²) in [7, 11) is 1.94.